The average Bonchev–Trinajstić information content (AvgIpc) is 1.61. The largest absolute Gasteiger partial charge is 0.0919 e. The van der Waals surface area contributed by atoms with Crippen LogP contribution in [0.2, 0.25) is 0 Å². The zero-order valence-corrected chi connectivity index (χ0v) is 5.66. The SMILES string of the molecule is [CH2]CCC#CI. The fourth-order valence-electron chi connectivity index (χ4n) is 0.136. The minimum absolute atomic E-state index is 0.927. The third-order valence-electron chi connectivity index (χ3n) is 0.369. The summed E-state index contributed by atoms with van der Waals surface area (Å²) >= 11 is 2.02. The van der Waals surface area contributed by atoms with Gasteiger partial charge in [0, 0.05) is 29.0 Å². The van der Waals surface area contributed by atoms with E-state index in [2.05, 4.69) is 16.8 Å². The maximum Gasteiger partial charge on any atom is 0.0181 e. The molecule has 0 unspecified atom stereocenters. The number of hydrogen-bond acceptors (Lipinski definition) is 0. The lowest BCUT2D eigenvalue weighted by atomic mass is 10.4. The van der Waals surface area contributed by atoms with Crippen molar-refractivity contribution >= 4 is 22.6 Å². The Kier molecular flexibility index (Phi) is 5.55. The molecule has 0 nitrogen and oxygen atoms in total. The van der Waals surface area contributed by atoms with E-state index in [4.69, 9.17) is 0 Å². The van der Waals surface area contributed by atoms with Gasteiger partial charge in [0.15, 0.2) is 0 Å². The molecule has 0 atom stereocenters. The Bertz CT molecular complexity index is 65.7. The van der Waals surface area contributed by atoms with Crippen molar-refractivity contribution < 1.29 is 0 Å². The first-order valence-electron chi connectivity index (χ1n) is 1.79. The van der Waals surface area contributed by atoms with Crippen molar-refractivity contribution in [2.75, 3.05) is 0 Å². The van der Waals surface area contributed by atoms with Gasteiger partial charge in [-0.2, -0.15) is 0 Å². The molecule has 0 bridgehead atoms. The third-order valence-corrected chi connectivity index (χ3v) is 0.750. The Balaban J connectivity index is 2.79. The van der Waals surface area contributed by atoms with E-state index in [1.165, 1.54) is 0 Å². The van der Waals surface area contributed by atoms with Crippen LogP contribution in [0.25, 0.3) is 0 Å². The second kappa shape index (κ2) is 5.29. The van der Waals surface area contributed by atoms with Crippen molar-refractivity contribution in [1.29, 1.82) is 0 Å². The number of hydrogen-bond donors (Lipinski definition) is 0. The standard InChI is InChI=1S/C5H6I/c1-2-3-4-5-6/h1-3H2. The predicted octanol–water partition coefficient (Wildman–Crippen LogP) is 2.00. The van der Waals surface area contributed by atoms with E-state index in [1.54, 1.807) is 0 Å². The van der Waals surface area contributed by atoms with E-state index in [9.17, 15) is 0 Å². The van der Waals surface area contributed by atoms with Crippen LogP contribution in [0, 0.1) is 16.8 Å². The van der Waals surface area contributed by atoms with E-state index in [-0.39, 0.29) is 0 Å². The molecule has 33 valence electrons. The van der Waals surface area contributed by atoms with Crippen molar-refractivity contribution in [2.45, 2.75) is 12.8 Å². The first-order chi connectivity index (χ1) is 2.91. The van der Waals surface area contributed by atoms with E-state index >= 15 is 0 Å². The van der Waals surface area contributed by atoms with Crippen molar-refractivity contribution in [3.8, 4) is 9.85 Å². The van der Waals surface area contributed by atoms with Crippen molar-refractivity contribution in [3.05, 3.63) is 6.92 Å². The smallest absolute Gasteiger partial charge is 0.0181 e. The highest BCUT2D eigenvalue weighted by Gasteiger charge is 1.64. The van der Waals surface area contributed by atoms with Crippen LogP contribution < -0.4 is 0 Å². The van der Waals surface area contributed by atoms with Crippen LogP contribution in [0.5, 0.6) is 0 Å². The average molecular weight is 193 g/mol. The molecule has 6 heavy (non-hydrogen) atoms. The van der Waals surface area contributed by atoms with E-state index in [0.717, 1.165) is 12.8 Å². The predicted molar refractivity (Wildman–Crippen MR) is 36.4 cm³/mol. The number of rotatable bonds is 1. The van der Waals surface area contributed by atoms with Crippen LogP contribution >= 0.6 is 22.6 Å². The Hall–Kier alpha value is 0.290. The molecule has 0 saturated carbocycles. The Morgan fingerprint density at radius 3 is 2.50 bits per heavy atom. The second-order valence-electron chi connectivity index (χ2n) is 0.875. The van der Waals surface area contributed by atoms with Crippen molar-refractivity contribution in [1.82, 2.24) is 0 Å². The minimum Gasteiger partial charge on any atom is -0.0919 e. The van der Waals surface area contributed by atoms with E-state index in [0.29, 0.717) is 0 Å². The summed E-state index contributed by atoms with van der Waals surface area (Å²) in [7, 11) is 0. The lowest BCUT2D eigenvalue weighted by Crippen LogP contribution is -1.56. The normalized spacial score (nSPS) is 6.33. The summed E-state index contributed by atoms with van der Waals surface area (Å²) in [5.41, 5.74) is 0. The van der Waals surface area contributed by atoms with Gasteiger partial charge in [0.1, 0.15) is 0 Å². The van der Waals surface area contributed by atoms with Gasteiger partial charge in [-0.15, -0.1) is 0 Å². The van der Waals surface area contributed by atoms with Crippen molar-refractivity contribution in [3.63, 3.8) is 0 Å². The van der Waals surface area contributed by atoms with Gasteiger partial charge in [-0.1, -0.05) is 12.8 Å². The second-order valence-corrected chi connectivity index (χ2v) is 1.41. The molecule has 1 radical (unpaired) electrons. The number of unbranched alkanes of at least 4 members (excludes halogenated alkanes) is 1. The van der Waals surface area contributed by atoms with Crippen LogP contribution in [-0.4, -0.2) is 0 Å². The maximum absolute atomic E-state index is 3.62. The highest BCUT2D eigenvalue weighted by molar-refractivity contribution is 14.1. The van der Waals surface area contributed by atoms with Crippen molar-refractivity contribution in [2.24, 2.45) is 0 Å². The quantitative estimate of drug-likeness (QED) is 0.441. The molecule has 0 heterocycles. The minimum atomic E-state index is 0.927. The molecule has 0 aromatic rings. The fraction of sp³-hybridized carbons (Fsp3) is 0.400. The Morgan fingerprint density at radius 2 is 2.33 bits per heavy atom. The Morgan fingerprint density at radius 1 is 1.67 bits per heavy atom. The summed E-state index contributed by atoms with van der Waals surface area (Å²) in [6.45, 7) is 3.62. The van der Waals surface area contributed by atoms with Crippen LogP contribution in [0.1, 0.15) is 12.8 Å². The highest BCUT2D eigenvalue weighted by Crippen LogP contribution is 1.81. The Labute approximate surface area is 52.5 Å². The summed E-state index contributed by atoms with van der Waals surface area (Å²) in [6, 6.07) is 0. The zero-order valence-electron chi connectivity index (χ0n) is 3.50. The van der Waals surface area contributed by atoms with Gasteiger partial charge in [-0.05, 0) is 10.3 Å². The van der Waals surface area contributed by atoms with Gasteiger partial charge in [0.05, 0.1) is 0 Å². The van der Waals surface area contributed by atoms with E-state index < -0.39 is 0 Å². The van der Waals surface area contributed by atoms with Crippen LogP contribution in [0.4, 0.5) is 0 Å². The molecule has 0 saturated heterocycles. The summed E-state index contributed by atoms with van der Waals surface area (Å²) in [6.07, 6.45) is 1.86. The molecule has 0 N–H and O–H groups in total. The topological polar surface area (TPSA) is 0 Å². The molecule has 0 rings (SSSR count). The first-order valence-corrected chi connectivity index (χ1v) is 2.87. The van der Waals surface area contributed by atoms with Gasteiger partial charge < -0.3 is 0 Å². The molecule has 0 aromatic heterocycles. The van der Waals surface area contributed by atoms with Crippen LogP contribution in [0.15, 0.2) is 0 Å². The molecule has 0 aliphatic rings. The van der Waals surface area contributed by atoms with Crippen LogP contribution in [0.3, 0.4) is 0 Å². The fourth-order valence-corrected chi connectivity index (χ4v) is 0.405. The lowest BCUT2D eigenvalue weighted by Gasteiger charge is -1.70. The van der Waals surface area contributed by atoms with Gasteiger partial charge in [-0.3, -0.25) is 0 Å². The van der Waals surface area contributed by atoms with Gasteiger partial charge in [0.25, 0.3) is 0 Å². The molecule has 0 aliphatic carbocycles. The first kappa shape index (κ1) is 6.29. The molecule has 0 aromatic carbocycles. The maximum atomic E-state index is 3.62. The number of halogens is 1. The lowest BCUT2D eigenvalue weighted by molar-refractivity contribution is 1.08. The van der Waals surface area contributed by atoms with Gasteiger partial charge >= 0.3 is 0 Å². The molecule has 1 heteroatoms. The van der Waals surface area contributed by atoms with Crippen LogP contribution in [-0.2, 0) is 0 Å². The van der Waals surface area contributed by atoms with Gasteiger partial charge in [0.2, 0.25) is 0 Å². The highest BCUT2D eigenvalue weighted by atomic mass is 127. The molecule has 0 amide bonds. The molecular formula is C5H6I. The summed E-state index contributed by atoms with van der Waals surface area (Å²) < 4.78 is 2.75. The van der Waals surface area contributed by atoms with Gasteiger partial charge in [-0.25, -0.2) is 0 Å². The molecular weight excluding hydrogens is 187 g/mol. The molecule has 0 fully saturated rings. The molecule has 0 spiro atoms. The summed E-state index contributed by atoms with van der Waals surface area (Å²) in [5, 5.41) is 0. The molecule has 0 aliphatic heterocycles. The van der Waals surface area contributed by atoms with E-state index in [1.807, 2.05) is 22.6 Å². The summed E-state index contributed by atoms with van der Waals surface area (Å²) in [4.78, 5) is 0. The summed E-state index contributed by atoms with van der Waals surface area (Å²) in [5.74, 6) is 2.87. The zero-order chi connectivity index (χ0) is 4.83. The monoisotopic (exact) mass is 193 g/mol. The third kappa shape index (κ3) is 4.29.